The van der Waals surface area contributed by atoms with Crippen LogP contribution in [0.5, 0.6) is 23.0 Å². The van der Waals surface area contributed by atoms with E-state index in [9.17, 15) is 39.6 Å². The number of hydrogen-bond acceptors (Lipinski definition) is 16. The Morgan fingerprint density at radius 3 is 0.793 bits per heavy atom. The molecule has 0 saturated heterocycles. The van der Waals surface area contributed by atoms with E-state index in [1.165, 1.54) is 36.1 Å². The number of nitrogens with zero attached hydrogens (tertiary/aromatic N) is 2. The fourth-order valence-corrected chi connectivity index (χ4v) is 3.98. The Bertz CT molecular complexity index is 1710. The molecule has 0 unspecified atom stereocenters. The molecule has 0 amide bonds. The largest absolute Gasteiger partial charge is 2.00 e. The molecule has 4 aromatic rings. The number of carboxylic acids is 4. The first-order chi connectivity index (χ1) is 26.3. The molecule has 18 heteroatoms. The minimum absolute atomic E-state index is 0. The Balaban J connectivity index is -0.000000321. The van der Waals surface area contributed by atoms with Crippen molar-refractivity contribution in [3.05, 3.63) is 93.8 Å². The average molecular weight is 981 g/mol. The molecule has 0 aliphatic rings. The number of aryl methyl sites for hydroxylation is 2. The van der Waals surface area contributed by atoms with E-state index in [0.717, 1.165) is 28.4 Å². The Morgan fingerprint density at radius 1 is 0.500 bits per heavy atom. The third-order valence-electron chi connectivity index (χ3n) is 6.69. The molecule has 0 radical (unpaired) electrons. The van der Waals surface area contributed by atoms with Gasteiger partial charge in [0.25, 0.3) is 0 Å². The van der Waals surface area contributed by atoms with Crippen molar-refractivity contribution in [2.45, 2.75) is 67.2 Å². The molecule has 0 bridgehead atoms. The van der Waals surface area contributed by atoms with E-state index < -0.39 is 46.9 Å². The summed E-state index contributed by atoms with van der Waals surface area (Å²) in [5.74, 6) is -9.96. The maximum Gasteiger partial charge on any atom is 2.00 e. The molecule has 0 atom stereocenters. The van der Waals surface area contributed by atoms with E-state index in [1.54, 1.807) is 12.1 Å². The van der Waals surface area contributed by atoms with Crippen LogP contribution in [-0.4, -0.2) is 52.3 Å². The van der Waals surface area contributed by atoms with E-state index in [4.69, 9.17) is 10.5 Å². The molecule has 0 saturated carbocycles. The summed E-state index contributed by atoms with van der Waals surface area (Å²) >= 11 is 0. The number of benzene rings is 2. The smallest absolute Gasteiger partial charge is 0.541 e. The van der Waals surface area contributed by atoms with Crippen LogP contribution in [-0.2, 0) is 39.0 Å². The van der Waals surface area contributed by atoms with Gasteiger partial charge >= 0.3 is 39.0 Å². The molecular formula is C40H46N2O14Ru2. The van der Waals surface area contributed by atoms with Gasteiger partial charge in [-0.25, -0.2) is 0 Å². The standard InChI is InChI=1S/2C10H14.2C8H8O7.2C2H3N.2Ru/c2*1-8(2)10-6-4-9(3)5-7-10;2*1-13-3-4(14-2)6(8(11)12)15-5(3)7(9)10;2*1-2-3;;/h2*4-8H,1-3H3;2*1-2H3,(H,9,10)(H,11,12);2*1H3;;/q;;;;;;2*+2/p-4. The van der Waals surface area contributed by atoms with Gasteiger partial charge in [-0.05, 0) is 36.8 Å². The topological polar surface area (TPSA) is 271 Å². The third-order valence-corrected chi connectivity index (χ3v) is 6.69. The third kappa shape index (κ3) is 19.9. The maximum atomic E-state index is 10.5. The zero-order valence-electron chi connectivity index (χ0n) is 34.1. The molecule has 2 heterocycles. The summed E-state index contributed by atoms with van der Waals surface area (Å²) in [7, 11) is 4.55. The second-order valence-corrected chi connectivity index (χ2v) is 11.4. The minimum Gasteiger partial charge on any atom is -0.541 e. The van der Waals surface area contributed by atoms with Crippen molar-refractivity contribution in [2.24, 2.45) is 0 Å². The van der Waals surface area contributed by atoms with Crippen molar-refractivity contribution < 1.29 is 106 Å². The fourth-order valence-electron chi connectivity index (χ4n) is 3.98. The average Bonchev–Trinajstić information content (AvgIpc) is 3.73. The number of hydrogen-bond donors (Lipinski definition) is 0. The molecule has 58 heavy (non-hydrogen) atoms. The molecule has 0 N–H and O–H groups in total. The number of methoxy groups -OCH3 is 4. The van der Waals surface area contributed by atoms with Gasteiger partial charge in [0.05, 0.1) is 40.6 Å². The number of furan rings is 2. The van der Waals surface area contributed by atoms with Gasteiger partial charge in [0, 0.05) is 13.8 Å². The summed E-state index contributed by atoms with van der Waals surface area (Å²) in [6, 6.07) is 20.9. The quantitative estimate of drug-likeness (QED) is 0.206. The second-order valence-electron chi connectivity index (χ2n) is 11.4. The summed E-state index contributed by atoms with van der Waals surface area (Å²) in [6.07, 6.45) is 0. The predicted octanol–water partition coefficient (Wildman–Crippen LogP) is 3.34. The number of aromatic carboxylic acids is 4. The van der Waals surface area contributed by atoms with Gasteiger partial charge in [-0.3, -0.25) is 0 Å². The van der Waals surface area contributed by atoms with E-state index in [1.807, 2.05) is 0 Å². The van der Waals surface area contributed by atoms with Gasteiger partial charge < -0.3 is 67.4 Å². The molecule has 2 aromatic carbocycles. The summed E-state index contributed by atoms with van der Waals surface area (Å²) < 4.78 is 27.5. The Hall–Kier alpha value is -5.69. The molecular weight excluding hydrogens is 935 g/mol. The van der Waals surface area contributed by atoms with Gasteiger partial charge in [0.2, 0.25) is 23.0 Å². The Morgan fingerprint density at radius 2 is 0.672 bits per heavy atom. The van der Waals surface area contributed by atoms with Crippen LogP contribution in [0.25, 0.3) is 0 Å². The Labute approximate surface area is 363 Å². The first-order valence-electron chi connectivity index (χ1n) is 16.4. The van der Waals surface area contributed by atoms with E-state index in [0.29, 0.717) is 11.8 Å². The van der Waals surface area contributed by atoms with Gasteiger partial charge in [0.1, 0.15) is 23.9 Å². The number of carboxylic acid groups (broad SMARTS) is 4. The van der Waals surface area contributed by atoms with Gasteiger partial charge in [-0.2, -0.15) is 10.5 Å². The van der Waals surface area contributed by atoms with Gasteiger partial charge in [-0.1, -0.05) is 87.4 Å². The monoisotopic (exact) mass is 982 g/mol. The van der Waals surface area contributed by atoms with Crippen LogP contribution in [0.15, 0.2) is 57.4 Å². The normalized spacial score (nSPS) is 8.90. The van der Waals surface area contributed by atoms with Crippen molar-refractivity contribution in [2.75, 3.05) is 28.4 Å². The van der Waals surface area contributed by atoms with Crippen molar-refractivity contribution in [3.8, 4) is 35.1 Å². The molecule has 16 nitrogen and oxygen atoms in total. The number of nitriles is 2. The van der Waals surface area contributed by atoms with Crippen LogP contribution < -0.4 is 39.4 Å². The molecule has 0 spiro atoms. The van der Waals surface area contributed by atoms with Crippen LogP contribution in [0, 0.1) is 36.5 Å². The fraction of sp³-hybridized carbons (Fsp3) is 0.350. The summed E-state index contributed by atoms with van der Waals surface area (Å²) in [5, 5.41) is 56.8. The first-order valence-corrected chi connectivity index (χ1v) is 16.4. The predicted molar refractivity (Wildman–Crippen MR) is 194 cm³/mol. The molecule has 316 valence electrons. The van der Waals surface area contributed by atoms with Crippen LogP contribution in [0.1, 0.15) is 118 Å². The number of ether oxygens (including phenoxy) is 4. The zero-order chi connectivity index (χ0) is 43.7. The van der Waals surface area contributed by atoms with Gasteiger partial charge in [0.15, 0.2) is 23.0 Å². The Kier molecular flexibility index (Phi) is 31.9. The minimum atomic E-state index is -1.71. The molecule has 4 rings (SSSR count). The maximum absolute atomic E-state index is 10.5. The summed E-state index contributed by atoms with van der Waals surface area (Å²) in [5.41, 5.74) is 5.52. The van der Waals surface area contributed by atoms with Crippen LogP contribution in [0.3, 0.4) is 0 Å². The van der Waals surface area contributed by atoms with Crippen molar-refractivity contribution >= 4 is 23.9 Å². The number of carbonyl (C=O) groups excluding carboxylic acids is 4. The number of carbonyl (C=O) groups is 4. The van der Waals surface area contributed by atoms with Crippen LogP contribution >= 0.6 is 0 Å². The van der Waals surface area contributed by atoms with Crippen molar-refractivity contribution in [1.82, 2.24) is 0 Å². The van der Waals surface area contributed by atoms with E-state index in [-0.39, 0.29) is 62.0 Å². The van der Waals surface area contributed by atoms with Gasteiger partial charge in [-0.15, -0.1) is 0 Å². The summed E-state index contributed by atoms with van der Waals surface area (Å²) in [4.78, 5) is 42.1. The molecule has 2 aromatic heterocycles. The van der Waals surface area contributed by atoms with E-state index >= 15 is 0 Å². The van der Waals surface area contributed by atoms with Crippen LogP contribution in [0.4, 0.5) is 0 Å². The molecule has 0 fully saturated rings. The molecule has 0 aliphatic heterocycles. The van der Waals surface area contributed by atoms with Crippen molar-refractivity contribution in [3.63, 3.8) is 0 Å². The molecule has 0 aliphatic carbocycles. The SMILES string of the molecule is CC#N.CC#N.COc1c(C(=O)[O-])oc(C(=O)[O-])c1OC.COc1c(C(=O)[O-])oc(C(=O)[O-])c1OC.Cc1ccc(C(C)C)cc1.Cc1ccc(C(C)C)cc1.[Ru+2].[Ru+2]. The zero-order valence-corrected chi connectivity index (χ0v) is 37.6. The second kappa shape index (κ2) is 31.4. The summed E-state index contributed by atoms with van der Waals surface area (Å²) in [6.45, 7) is 15.9. The first kappa shape index (κ1) is 59.0. The van der Waals surface area contributed by atoms with Crippen LogP contribution in [0.2, 0.25) is 0 Å². The number of rotatable bonds is 10. The van der Waals surface area contributed by atoms with E-state index in [2.05, 4.69) is 118 Å². The van der Waals surface area contributed by atoms with Crippen molar-refractivity contribution in [1.29, 1.82) is 10.5 Å².